The molecule has 0 aromatic heterocycles. The Morgan fingerprint density at radius 2 is 1.68 bits per heavy atom. The van der Waals surface area contributed by atoms with Gasteiger partial charge in [-0.2, -0.15) is 0 Å². The lowest BCUT2D eigenvalue weighted by molar-refractivity contribution is -0.122. The number of nitrogens with one attached hydrogen (secondary N) is 3. The van der Waals surface area contributed by atoms with Crippen LogP contribution in [0.2, 0.25) is 0 Å². The topological polar surface area (TPSA) is 70.2 Å². The first kappa shape index (κ1) is 16.0. The summed E-state index contributed by atoms with van der Waals surface area (Å²) < 4.78 is 0. The summed E-state index contributed by atoms with van der Waals surface area (Å²) in [7, 11) is 0. The van der Waals surface area contributed by atoms with E-state index in [0.29, 0.717) is 18.5 Å². The van der Waals surface area contributed by atoms with Crippen molar-refractivity contribution in [2.75, 3.05) is 19.6 Å². The molecule has 3 N–H and O–H groups in total. The van der Waals surface area contributed by atoms with Crippen molar-refractivity contribution in [1.82, 2.24) is 16.0 Å². The molecule has 0 unspecified atom stereocenters. The number of carbonyl (C=O) groups is 2. The van der Waals surface area contributed by atoms with Crippen molar-refractivity contribution in [3.8, 4) is 0 Å². The minimum atomic E-state index is -0.0563. The maximum absolute atomic E-state index is 11.7. The lowest BCUT2D eigenvalue weighted by atomic mass is 9.95. The van der Waals surface area contributed by atoms with Crippen LogP contribution in [0, 0.1) is 5.92 Å². The quantitative estimate of drug-likeness (QED) is 0.640. The molecule has 0 aromatic rings. The van der Waals surface area contributed by atoms with Gasteiger partial charge in [0.2, 0.25) is 11.8 Å². The van der Waals surface area contributed by atoms with Gasteiger partial charge in [0.15, 0.2) is 0 Å². The van der Waals surface area contributed by atoms with Gasteiger partial charge in [0.05, 0.1) is 13.1 Å². The molecule has 19 heavy (non-hydrogen) atoms. The van der Waals surface area contributed by atoms with Gasteiger partial charge in [-0.15, -0.1) is 0 Å². The minimum Gasteiger partial charge on any atom is -0.355 e. The first-order valence-electron chi connectivity index (χ1n) is 7.34. The minimum absolute atomic E-state index is 0.0106. The molecular weight excluding hydrogens is 242 g/mol. The average molecular weight is 269 g/mol. The number of rotatable bonds is 7. The van der Waals surface area contributed by atoms with Crippen LogP contribution >= 0.6 is 0 Å². The second-order valence-corrected chi connectivity index (χ2v) is 5.70. The first-order chi connectivity index (χ1) is 9.08. The molecule has 0 radical (unpaired) electrons. The smallest absolute Gasteiger partial charge is 0.234 e. The summed E-state index contributed by atoms with van der Waals surface area (Å²) >= 11 is 0. The fourth-order valence-electron chi connectivity index (χ4n) is 2.20. The second-order valence-electron chi connectivity index (χ2n) is 5.70. The predicted octanol–water partition coefficient (Wildman–Crippen LogP) is 0.797. The van der Waals surface area contributed by atoms with E-state index in [9.17, 15) is 9.59 Å². The molecule has 1 aliphatic carbocycles. The van der Waals surface area contributed by atoms with Gasteiger partial charge >= 0.3 is 0 Å². The number of carbonyl (C=O) groups excluding carboxylic acids is 2. The fraction of sp³-hybridized carbons (Fsp3) is 0.857. The molecule has 0 spiro atoms. The highest BCUT2D eigenvalue weighted by Gasteiger charge is 2.15. The number of hydrogen-bond acceptors (Lipinski definition) is 3. The Morgan fingerprint density at radius 1 is 1.05 bits per heavy atom. The van der Waals surface area contributed by atoms with Gasteiger partial charge in [0, 0.05) is 12.6 Å². The van der Waals surface area contributed by atoms with Crippen molar-refractivity contribution in [2.45, 2.75) is 52.0 Å². The summed E-state index contributed by atoms with van der Waals surface area (Å²) in [6.45, 7) is 5.18. The summed E-state index contributed by atoms with van der Waals surface area (Å²) in [4.78, 5) is 23.1. The molecule has 1 rings (SSSR count). The molecule has 0 heterocycles. The zero-order chi connectivity index (χ0) is 14.1. The van der Waals surface area contributed by atoms with Gasteiger partial charge < -0.3 is 10.6 Å². The average Bonchev–Trinajstić information content (AvgIpc) is 2.37. The largest absolute Gasteiger partial charge is 0.355 e. The van der Waals surface area contributed by atoms with E-state index in [-0.39, 0.29) is 24.9 Å². The van der Waals surface area contributed by atoms with Crippen LogP contribution in [0.4, 0.5) is 0 Å². The zero-order valence-electron chi connectivity index (χ0n) is 12.1. The maximum Gasteiger partial charge on any atom is 0.234 e. The summed E-state index contributed by atoms with van der Waals surface area (Å²) in [6.07, 6.45) is 5.85. The third-order valence-corrected chi connectivity index (χ3v) is 3.25. The Bertz CT molecular complexity index is 286. The lowest BCUT2D eigenvalue weighted by Crippen LogP contribution is -2.44. The molecule has 5 heteroatoms. The van der Waals surface area contributed by atoms with Gasteiger partial charge in [-0.1, -0.05) is 33.1 Å². The molecule has 0 bridgehead atoms. The van der Waals surface area contributed by atoms with Crippen molar-refractivity contribution in [1.29, 1.82) is 0 Å². The third-order valence-electron chi connectivity index (χ3n) is 3.25. The van der Waals surface area contributed by atoms with E-state index in [1.54, 1.807) is 0 Å². The van der Waals surface area contributed by atoms with Crippen LogP contribution in [0.1, 0.15) is 46.0 Å². The predicted molar refractivity (Wildman–Crippen MR) is 75.7 cm³/mol. The third kappa shape index (κ3) is 7.82. The highest BCUT2D eigenvalue weighted by molar-refractivity contribution is 5.81. The van der Waals surface area contributed by atoms with Crippen LogP contribution in [0.15, 0.2) is 0 Å². The van der Waals surface area contributed by atoms with Crippen LogP contribution in [-0.4, -0.2) is 37.5 Å². The molecule has 0 aromatic carbocycles. The van der Waals surface area contributed by atoms with E-state index < -0.39 is 0 Å². The van der Waals surface area contributed by atoms with Crippen LogP contribution in [0.3, 0.4) is 0 Å². The van der Waals surface area contributed by atoms with Crippen molar-refractivity contribution in [2.24, 2.45) is 5.92 Å². The van der Waals surface area contributed by atoms with Gasteiger partial charge in [-0.25, -0.2) is 0 Å². The first-order valence-corrected chi connectivity index (χ1v) is 7.34. The molecular formula is C14H27N3O2. The van der Waals surface area contributed by atoms with Crippen LogP contribution < -0.4 is 16.0 Å². The van der Waals surface area contributed by atoms with Crippen molar-refractivity contribution in [3.05, 3.63) is 0 Å². The fourth-order valence-corrected chi connectivity index (χ4v) is 2.20. The number of amides is 2. The Balaban J connectivity index is 2.04. The molecule has 1 fully saturated rings. The Kier molecular flexibility index (Phi) is 7.48. The summed E-state index contributed by atoms with van der Waals surface area (Å²) in [5.41, 5.74) is 0. The highest BCUT2D eigenvalue weighted by atomic mass is 16.2. The van der Waals surface area contributed by atoms with E-state index in [1.807, 2.05) is 13.8 Å². The molecule has 2 amide bonds. The standard InChI is InChI=1S/C14H27N3O2/c1-11(2)8-16-13(18)9-15-10-14(19)17-12-6-4-3-5-7-12/h11-12,15H,3-10H2,1-2H3,(H,16,18)(H,17,19). The molecule has 0 aliphatic heterocycles. The summed E-state index contributed by atoms with van der Waals surface area (Å²) in [6, 6.07) is 0.331. The SMILES string of the molecule is CC(C)CNC(=O)CNCC(=O)NC1CCCCC1. The summed E-state index contributed by atoms with van der Waals surface area (Å²) in [5.74, 6) is 0.376. The Morgan fingerprint density at radius 3 is 2.32 bits per heavy atom. The van der Waals surface area contributed by atoms with Crippen LogP contribution in [0.25, 0.3) is 0 Å². The van der Waals surface area contributed by atoms with Crippen molar-refractivity contribution >= 4 is 11.8 Å². The molecule has 1 saturated carbocycles. The van der Waals surface area contributed by atoms with E-state index >= 15 is 0 Å². The van der Waals surface area contributed by atoms with Gasteiger partial charge in [-0.3, -0.25) is 14.9 Å². The van der Waals surface area contributed by atoms with Crippen LogP contribution in [-0.2, 0) is 9.59 Å². The molecule has 5 nitrogen and oxygen atoms in total. The van der Waals surface area contributed by atoms with Crippen LogP contribution in [0.5, 0.6) is 0 Å². The maximum atomic E-state index is 11.7. The van der Waals surface area contributed by atoms with Gasteiger partial charge in [0.1, 0.15) is 0 Å². The van der Waals surface area contributed by atoms with Gasteiger partial charge in [-0.05, 0) is 18.8 Å². The molecule has 0 atom stereocenters. The van der Waals surface area contributed by atoms with E-state index in [2.05, 4.69) is 16.0 Å². The lowest BCUT2D eigenvalue weighted by Gasteiger charge is -2.22. The van der Waals surface area contributed by atoms with Crippen molar-refractivity contribution in [3.63, 3.8) is 0 Å². The van der Waals surface area contributed by atoms with E-state index in [1.165, 1.54) is 19.3 Å². The van der Waals surface area contributed by atoms with E-state index in [4.69, 9.17) is 0 Å². The van der Waals surface area contributed by atoms with E-state index in [0.717, 1.165) is 12.8 Å². The zero-order valence-corrected chi connectivity index (χ0v) is 12.1. The van der Waals surface area contributed by atoms with Crippen molar-refractivity contribution < 1.29 is 9.59 Å². The molecule has 1 aliphatic rings. The second kappa shape index (κ2) is 8.91. The Hall–Kier alpha value is -1.10. The number of hydrogen-bond donors (Lipinski definition) is 3. The molecule has 0 saturated heterocycles. The summed E-state index contributed by atoms with van der Waals surface area (Å²) in [5, 5.41) is 8.69. The van der Waals surface area contributed by atoms with Gasteiger partial charge in [0.25, 0.3) is 0 Å². The Labute approximate surface area is 115 Å². The monoisotopic (exact) mass is 269 g/mol. The normalized spacial score (nSPS) is 16.4. The molecule has 110 valence electrons. The highest BCUT2D eigenvalue weighted by Crippen LogP contribution is 2.16.